The number of halogens is 1. The van der Waals surface area contributed by atoms with Gasteiger partial charge in [0.05, 0.1) is 17.1 Å². The quantitative estimate of drug-likeness (QED) is 0.672. The molecule has 0 amide bonds. The van der Waals surface area contributed by atoms with E-state index >= 15 is 0 Å². The van der Waals surface area contributed by atoms with Crippen LogP contribution in [-0.4, -0.2) is 15.3 Å². The van der Waals surface area contributed by atoms with E-state index in [9.17, 15) is 10.1 Å². The van der Waals surface area contributed by atoms with E-state index < -0.39 is 5.92 Å². The van der Waals surface area contributed by atoms with Crippen molar-refractivity contribution in [1.29, 1.82) is 5.26 Å². The summed E-state index contributed by atoms with van der Waals surface area (Å²) in [5.41, 5.74) is 2.19. The van der Waals surface area contributed by atoms with E-state index in [2.05, 4.69) is 27.0 Å². The largest absolute Gasteiger partial charge is 0.330 e. The van der Waals surface area contributed by atoms with Gasteiger partial charge in [-0.2, -0.15) is 5.26 Å². The van der Waals surface area contributed by atoms with Gasteiger partial charge in [-0.15, -0.1) is 0 Å². The van der Waals surface area contributed by atoms with Crippen molar-refractivity contribution in [2.24, 2.45) is 7.05 Å². The maximum atomic E-state index is 12.6. The first kappa shape index (κ1) is 14.5. The van der Waals surface area contributed by atoms with Crippen molar-refractivity contribution in [3.8, 4) is 6.07 Å². The Bertz CT molecular complexity index is 890. The summed E-state index contributed by atoms with van der Waals surface area (Å²) in [6.07, 6.45) is 0. The molecule has 5 heteroatoms. The molecule has 108 valence electrons. The molecule has 0 aliphatic rings. The summed E-state index contributed by atoms with van der Waals surface area (Å²) in [5.74, 6) is -0.691. The van der Waals surface area contributed by atoms with Crippen molar-refractivity contribution < 1.29 is 4.79 Å². The minimum atomic E-state index is -0.918. The van der Waals surface area contributed by atoms with Gasteiger partial charge in [0.2, 0.25) is 0 Å². The summed E-state index contributed by atoms with van der Waals surface area (Å²) < 4.78 is 2.69. The van der Waals surface area contributed by atoms with Crippen molar-refractivity contribution >= 4 is 32.7 Å². The number of aryl methyl sites for hydroxylation is 1. The van der Waals surface area contributed by atoms with Gasteiger partial charge in [-0.05, 0) is 24.3 Å². The molecule has 1 unspecified atom stereocenters. The van der Waals surface area contributed by atoms with Crippen LogP contribution in [0.3, 0.4) is 0 Å². The molecule has 0 aliphatic heterocycles. The molecule has 1 aromatic heterocycles. The SMILES string of the molecule is Cn1c(C(C#N)C(=O)c2ccc(Br)cc2)nc2ccccc21. The van der Waals surface area contributed by atoms with Crippen LogP contribution in [0.5, 0.6) is 0 Å². The second-order valence-electron chi connectivity index (χ2n) is 4.95. The average Bonchev–Trinajstić information content (AvgIpc) is 2.86. The zero-order valence-corrected chi connectivity index (χ0v) is 13.4. The number of benzene rings is 2. The number of Topliss-reactive ketones (excluding diaryl/α,β-unsaturated/α-hetero) is 1. The lowest BCUT2D eigenvalue weighted by atomic mass is 9.98. The van der Waals surface area contributed by atoms with E-state index in [0.717, 1.165) is 15.5 Å². The molecule has 3 aromatic rings. The van der Waals surface area contributed by atoms with Crippen molar-refractivity contribution in [2.45, 2.75) is 5.92 Å². The first-order valence-corrected chi connectivity index (χ1v) is 7.52. The fourth-order valence-corrected chi connectivity index (χ4v) is 2.70. The Morgan fingerprint density at radius 1 is 1.23 bits per heavy atom. The second-order valence-corrected chi connectivity index (χ2v) is 5.87. The third-order valence-corrected chi connectivity index (χ3v) is 4.13. The lowest BCUT2D eigenvalue weighted by Gasteiger charge is -2.08. The summed E-state index contributed by atoms with van der Waals surface area (Å²) >= 11 is 3.34. The lowest BCUT2D eigenvalue weighted by Crippen LogP contribution is -2.15. The summed E-state index contributed by atoms with van der Waals surface area (Å²) in [7, 11) is 1.82. The van der Waals surface area contributed by atoms with Crippen LogP contribution in [0.1, 0.15) is 22.1 Å². The number of hydrogen-bond donors (Lipinski definition) is 0. The second kappa shape index (κ2) is 5.74. The standard InChI is InChI=1S/C17H12BrN3O/c1-21-15-5-3-2-4-14(15)20-17(21)13(10-19)16(22)11-6-8-12(18)9-7-11/h2-9,13H,1H3. The number of hydrogen-bond acceptors (Lipinski definition) is 3. The number of imidazole rings is 1. The zero-order valence-electron chi connectivity index (χ0n) is 11.8. The molecular weight excluding hydrogens is 342 g/mol. The zero-order chi connectivity index (χ0) is 15.7. The van der Waals surface area contributed by atoms with Crippen molar-refractivity contribution in [2.75, 3.05) is 0 Å². The normalized spacial score (nSPS) is 12.0. The number of para-hydroxylation sites is 2. The molecule has 0 N–H and O–H groups in total. The van der Waals surface area contributed by atoms with Gasteiger partial charge in [-0.25, -0.2) is 4.98 Å². The topological polar surface area (TPSA) is 58.7 Å². The van der Waals surface area contributed by atoms with Crippen molar-refractivity contribution in [3.05, 3.63) is 64.4 Å². The highest BCUT2D eigenvalue weighted by Gasteiger charge is 2.26. The Morgan fingerprint density at radius 3 is 2.55 bits per heavy atom. The summed E-state index contributed by atoms with van der Waals surface area (Å²) in [6, 6.07) is 16.7. The lowest BCUT2D eigenvalue weighted by molar-refractivity contribution is 0.0975. The Kier molecular flexibility index (Phi) is 3.78. The maximum Gasteiger partial charge on any atom is 0.187 e. The minimum Gasteiger partial charge on any atom is -0.330 e. The molecule has 0 bridgehead atoms. The predicted molar refractivity (Wildman–Crippen MR) is 87.5 cm³/mol. The number of rotatable bonds is 3. The number of nitriles is 1. The van der Waals surface area contributed by atoms with Crippen molar-refractivity contribution in [1.82, 2.24) is 9.55 Å². The van der Waals surface area contributed by atoms with E-state index in [0.29, 0.717) is 11.4 Å². The first-order valence-electron chi connectivity index (χ1n) is 6.72. The Balaban J connectivity index is 2.06. The monoisotopic (exact) mass is 353 g/mol. The molecule has 0 saturated heterocycles. The van der Waals surface area contributed by atoms with E-state index in [1.54, 1.807) is 28.8 Å². The number of nitrogens with zero attached hydrogens (tertiary/aromatic N) is 3. The van der Waals surface area contributed by atoms with Gasteiger partial charge in [-0.3, -0.25) is 4.79 Å². The molecule has 0 saturated carbocycles. The Morgan fingerprint density at radius 2 is 1.91 bits per heavy atom. The number of carbonyl (C=O) groups is 1. The van der Waals surface area contributed by atoms with Gasteiger partial charge in [-0.1, -0.05) is 40.2 Å². The van der Waals surface area contributed by atoms with Gasteiger partial charge in [0, 0.05) is 17.1 Å². The maximum absolute atomic E-state index is 12.6. The van der Waals surface area contributed by atoms with Crippen LogP contribution >= 0.6 is 15.9 Å². The molecule has 0 spiro atoms. The predicted octanol–water partition coefficient (Wildman–Crippen LogP) is 3.83. The summed E-state index contributed by atoms with van der Waals surface area (Å²) in [4.78, 5) is 17.1. The molecule has 1 heterocycles. The van der Waals surface area contributed by atoms with E-state index in [1.807, 2.05) is 31.3 Å². The van der Waals surface area contributed by atoms with E-state index in [4.69, 9.17) is 0 Å². The summed E-state index contributed by atoms with van der Waals surface area (Å²) in [6.45, 7) is 0. The molecule has 1 atom stereocenters. The number of fused-ring (bicyclic) bond motifs is 1. The third kappa shape index (κ3) is 2.42. The molecule has 2 aromatic carbocycles. The molecule has 3 rings (SSSR count). The fourth-order valence-electron chi connectivity index (χ4n) is 2.44. The van der Waals surface area contributed by atoms with Gasteiger partial charge in [0.25, 0.3) is 0 Å². The highest BCUT2D eigenvalue weighted by atomic mass is 79.9. The van der Waals surface area contributed by atoms with Crippen molar-refractivity contribution in [3.63, 3.8) is 0 Å². The van der Waals surface area contributed by atoms with Crippen LogP contribution in [-0.2, 0) is 7.05 Å². The smallest absolute Gasteiger partial charge is 0.187 e. The van der Waals surface area contributed by atoms with Gasteiger partial charge >= 0.3 is 0 Å². The number of ketones is 1. The van der Waals surface area contributed by atoms with Crippen LogP contribution < -0.4 is 0 Å². The fraction of sp³-hybridized carbons (Fsp3) is 0.118. The first-order chi connectivity index (χ1) is 10.6. The minimum absolute atomic E-state index is 0.242. The Hall–Kier alpha value is -2.45. The number of carbonyl (C=O) groups excluding carboxylic acids is 1. The van der Waals surface area contributed by atoms with Gasteiger partial charge in [0.15, 0.2) is 11.7 Å². The average molecular weight is 354 g/mol. The Labute approximate surface area is 136 Å². The van der Waals surface area contributed by atoms with Crippen LogP contribution in [0.2, 0.25) is 0 Å². The molecular formula is C17H12BrN3O. The highest BCUT2D eigenvalue weighted by Crippen LogP contribution is 2.24. The van der Waals surface area contributed by atoms with E-state index in [1.165, 1.54) is 0 Å². The number of aromatic nitrogens is 2. The molecule has 0 aliphatic carbocycles. The molecule has 4 nitrogen and oxygen atoms in total. The summed E-state index contributed by atoms with van der Waals surface area (Å²) in [5, 5.41) is 9.48. The van der Waals surface area contributed by atoms with Gasteiger partial charge in [0.1, 0.15) is 5.82 Å². The molecule has 22 heavy (non-hydrogen) atoms. The van der Waals surface area contributed by atoms with Gasteiger partial charge < -0.3 is 4.57 Å². The third-order valence-electron chi connectivity index (χ3n) is 3.60. The van der Waals surface area contributed by atoms with Crippen LogP contribution in [0.25, 0.3) is 11.0 Å². The van der Waals surface area contributed by atoms with Crippen LogP contribution in [0.4, 0.5) is 0 Å². The van der Waals surface area contributed by atoms with E-state index in [-0.39, 0.29) is 5.78 Å². The molecule has 0 fully saturated rings. The van der Waals surface area contributed by atoms with Crippen LogP contribution in [0.15, 0.2) is 53.0 Å². The highest BCUT2D eigenvalue weighted by molar-refractivity contribution is 9.10. The van der Waals surface area contributed by atoms with Crippen LogP contribution in [0, 0.1) is 11.3 Å². The molecule has 0 radical (unpaired) electrons.